The van der Waals surface area contributed by atoms with Crippen molar-refractivity contribution < 1.29 is 0 Å². The molecule has 33 heavy (non-hydrogen) atoms. The van der Waals surface area contributed by atoms with E-state index in [9.17, 15) is 0 Å². The molecule has 0 spiro atoms. The van der Waals surface area contributed by atoms with Crippen molar-refractivity contribution in [3.8, 4) is 0 Å². The fraction of sp³-hybridized carbons (Fsp3) is 0.290. The molecule has 3 aromatic rings. The maximum absolute atomic E-state index is 3.89. The van der Waals surface area contributed by atoms with Gasteiger partial charge in [0.2, 0.25) is 0 Å². The Morgan fingerprint density at radius 1 is 0.758 bits per heavy atom. The fourth-order valence-electron chi connectivity index (χ4n) is 4.52. The SMILES string of the molecule is CC.CCC(CC)(Nc1ccccc1)c1ccccc1N(C1=CCCC=C1)c1ccccc1. The number of anilines is 3. The van der Waals surface area contributed by atoms with Gasteiger partial charge in [0.15, 0.2) is 0 Å². The number of rotatable bonds is 8. The molecular weight excluding hydrogens is 400 g/mol. The predicted molar refractivity (Wildman–Crippen MR) is 145 cm³/mol. The lowest BCUT2D eigenvalue weighted by Crippen LogP contribution is -2.36. The van der Waals surface area contributed by atoms with Gasteiger partial charge >= 0.3 is 0 Å². The topological polar surface area (TPSA) is 15.3 Å². The predicted octanol–water partition coefficient (Wildman–Crippen LogP) is 9.21. The van der Waals surface area contributed by atoms with E-state index in [0.29, 0.717) is 0 Å². The molecule has 172 valence electrons. The van der Waals surface area contributed by atoms with Crippen LogP contribution in [0.3, 0.4) is 0 Å². The molecule has 1 aliphatic rings. The van der Waals surface area contributed by atoms with Crippen molar-refractivity contribution in [3.05, 3.63) is 114 Å². The first-order valence-electron chi connectivity index (χ1n) is 12.4. The molecule has 0 atom stereocenters. The summed E-state index contributed by atoms with van der Waals surface area (Å²) in [7, 11) is 0. The van der Waals surface area contributed by atoms with Crippen LogP contribution in [0, 0.1) is 0 Å². The summed E-state index contributed by atoms with van der Waals surface area (Å²) in [6.07, 6.45) is 11.1. The molecule has 1 N–H and O–H groups in total. The van der Waals surface area contributed by atoms with Gasteiger partial charge in [0.25, 0.3) is 0 Å². The van der Waals surface area contributed by atoms with Crippen LogP contribution in [-0.4, -0.2) is 0 Å². The molecule has 2 nitrogen and oxygen atoms in total. The normalized spacial score (nSPS) is 12.9. The zero-order chi connectivity index (χ0) is 23.5. The van der Waals surface area contributed by atoms with Gasteiger partial charge in [-0.3, -0.25) is 0 Å². The molecule has 0 unspecified atom stereocenters. The number of para-hydroxylation sites is 3. The second-order valence-corrected chi connectivity index (χ2v) is 8.08. The van der Waals surface area contributed by atoms with Crippen LogP contribution >= 0.6 is 0 Å². The van der Waals surface area contributed by atoms with Crippen LogP contribution in [0.15, 0.2) is 109 Å². The van der Waals surface area contributed by atoms with Gasteiger partial charge < -0.3 is 10.2 Å². The molecule has 0 aromatic heterocycles. The van der Waals surface area contributed by atoms with Gasteiger partial charge in [0.05, 0.1) is 11.2 Å². The second kappa shape index (κ2) is 12.1. The molecule has 0 radical (unpaired) electrons. The molecule has 2 heteroatoms. The Kier molecular flexibility index (Phi) is 8.95. The van der Waals surface area contributed by atoms with Gasteiger partial charge in [-0.1, -0.05) is 94.4 Å². The van der Waals surface area contributed by atoms with Crippen molar-refractivity contribution >= 4 is 17.1 Å². The summed E-state index contributed by atoms with van der Waals surface area (Å²) < 4.78 is 0. The fourth-order valence-corrected chi connectivity index (χ4v) is 4.52. The molecule has 0 fully saturated rings. The first-order chi connectivity index (χ1) is 16.3. The largest absolute Gasteiger partial charge is 0.375 e. The zero-order valence-electron chi connectivity index (χ0n) is 20.6. The van der Waals surface area contributed by atoms with Gasteiger partial charge in [-0.15, -0.1) is 0 Å². The van der Waals surface area contributed by atoms with E-state index in [1.165, 1.54) is 22.6 Å². The van der Waals surface area contributed by atoms with E-state index in [2.05, 4.69) is 127 Å². The summed E-state index contributed by atoms with van der Waals surface area (Å²) in [4.78, 5) is 2.41. The standard InChI is InChI=1S/C29H32N2.C2H6/c1-3-29(4-2,30-24-16-8-5-9-17-24)27-22-14-15-23-28(27)31(25-18-10-6-11-19-25)26-20-12-7-13-21-26;1-2/h5-6,8-12,14-23,30H,3-4,7,13H2,1-2H3;1-2H3. The average molecular weight is 439 g/mol. The maximum Gasteiger partial charge on any atom is 0.0640 e. The summed E-state index contributed by atoms with van der Waals surface area (Å²) in [5.41, 5.74) is 5.98. The van der Waals surface area contributed by atoms with Gasteiger partial charge in [0, 0.05) is 22.6 Å². The van der Waals surface area contributed by atoms with E-state index in [1.54, 1.807) is 0 Å². The summed E-state index contributed by atoms with van der Waals surface area (Å²) in [6, 6.07) is 30.2. The lowest BCUT2D eigenvalue weighted by molar-refractivity contribution is 0.455. The lowest BCUT2D eigenvalue weighted by atomic mass is 9.82. The number of nitrogens with zero attached hydrogens (tertiary/aromatic N) is 1. The van der Waals surface area contributed by atoms with E-state index in [0.717, 1.165) is 31.4 Å². The highest BCUT2D eigenvalue weighted by molar-refractivity contribution is 5.74. The molecule has 0 saturated heterocycles. The Bertz CT molecular complexity index is 1030. The molecule has 0 heterocycles. The first-order valence-corrected chi connectivity index (χ1v) is 12.4. The smallest absolute Gasteiger partial charge is 0.0640 e. The van der Waals surface area contributed by atoms with Crippen LogP contribution in [0.2, 0.25) is 0 Å². The van der Waals surface area contributed by atoms with Crippen LogP contribution in [0.1, 0.15) is 58.9 Å². The van der Waals surface area contributed by atoms with Crippen molar-refractivity contribution in [1.82, 2.24) is 0 Å². The van der Waals surface area contributed by atoms with E-state index in [4.69, 9.17) is 0 Å². The second-order valence-electron chi connectivity index (χ2n) is 8.08. The molecule has 0 aliphatic heterocycles. The van der Waals surface area contributed by atoms with Crippen LogP contribution in [0.4, 0.5) is 17.1 Å². The molecule has 0 saturated carbocycles. The Labute approximate surface area is 200 Å². The molecule has 1 aliphatic carbocycles. The highest BCUT2D eigenvalue weighted by atomic mass is 15.2. The minimum absolute atomic E-state index is 0.163. The average Bonchev–Trinajstić information content (AvgIpc) is 2.91. The van der Waals surface area contributed by atoms with Crippen LogP contribution in [-0.2, 0) is 5.54 Å². The Hall–Kier alpha value is -3.26. The summed E-state index contributed by atoms with van der Waals surface area (Å²) >= 11 is 0. The Morgan fingerprint density at radius 2 is 1.36 bits per heavy atom. The van der Waals surface area contributed by atoms with E-state index in [-0.39, 0.29) is 5.54 Å². The van der Waals surface area contributed by atoms with E-state index >= 15 is 0 Å². The maximum atomic E-state index is 3.89. The van der Waals surface area contributed by atoms with Crippen molar-refractivity contribution in [2.75, 3.05) is 10.2 Å². The van der Waals surface area contributed by atoms with E-state index < -0.39 is 0 Å². The zero-order valence-corrected chi connectivity index (χ0v) is 20.6. The highest BCUT2D eigenvalue weighted by Crippen LogP contribution is 2.42. The quantitative estimate of drug-likeness (QED) is 0.377. The van der Waals surface area contributed by atoms with Crippen molar-refractivity contribution in [2.24, 2.45) is 0 Å². The third kappa shape index (κ3) is 5.57. The van der Waals surface area contributed by atoms with Gasteiger partial charge in [-0.25, -0.2) is 0 Å². The number of nitrogens with one attached hydrogen (secondary N) is 1. The summed E-state index contributed by atoms with van der Waals surface area (Å²) in [5, 5.41) is 3.89. The molecule has 0 amide bonds. The first kappa shape index (κ1) is 24.4. The third-order valence-electron chi connectivity index (χ3n) is 6.27. The molecule has 4 rings (SSSR count). The van der Waals surface area contributed by atoms with Crippen LogP contribution in [0.5, 0.6) is 0 Å². The van der Waals surface area contributed by atoms with Gasteiger partial charge in [0.1, 0.15) is 0 Å². The number of hydrogen-bond donors (Lipinski definition) is 1. The van der Waals surface area contributed by atoms with Crippen LogP contribution < -0.4 is 10.2 Å². The Morgan fingerprint density at radius 3 is 1.97 bits per heavy atom. The monoisotopic (exact) mass is 438 g/mol. The van der Waals surface area contributed by atoms with Gasteiger partial charge in [-0.2, -0.15) is 0 Å². The minimum Gasteiger partial charge on any atom is -0.375 e. The third-order valence-corrected chi connectivity index (χ3v) is 6.27. The molecular formula is C31H38N2. The highest BCUT2D eigenvalue weighted by Gasteiger charge is 2.32. The summed E-state index contributed by atoms with van der Waals surface area (Å²) in [6.45, 7) is 8.56. The lowest BCUT2D eigenvalue weighted by Gasteiger charge is -2.39. The van der Waals surface area contributed by atoms with Gasteiger partial charge in [-0.05, 0) is 62.1 Å². The molecule has 3 aromatic carbocycles. The number of allylic oxidation sites excluding steroid dienone is 3. The van der Waals surface area contributed by atoms with Crippen molar-refractivity contribution in [1.29, 1.82) is 0 Å². The van der Waals surface area contributed by atoms with E-state index in [1.807, 2.05) is 13.8 Å². The number of benzene rings is 3. The Balaban J connectivity index is 0.00000149. The molecule has 0 bridgehead atoms. The number of hydrogen-bond acceptors (Lipinski definition) is 2. The van der Waals surface area contributed by atoms with Crippen LogP contribution in [0.25, 0.3) is 0 Å². The van der Waals surface area contributed by atoms with Crippen molar-refractivity contribution in [3.63, 3.8) is 0 Å². The summed E-state index contributed by atoms with van der Waals surface area (Å²) in [5.74, 6) is 0. The minimum atomic E-state index is -0.163. The van der Waals surface area contributed by atoms with Crippen molar-refractivity contribution in [2.45, 2.75) is 58.9 Å².